The van der Waals surface area contributed by atoms with Crippen LogP contribution in [-0.2, 0) is 19.3 Å². The quantitative estimate of drug-likeness (QED) is 0.804. The topological polar surface area (TPSA) is 101 Å². The Balaban J connectivity index is 2.09. The highest BCUT2D eigenvalue weighted by molar-refractivity contribution is 7.89. The van der Waals surface area contributed by atoms with Crippen LogP contribution in [0, 0.1) is 0 Å². The molecule has 2 aliphatic rings. The van der Waals surface area contributed by atoms with Gasteiger partial charge in [-0.05, 0) is 46.6 Å². The number of nitrogens with two attached hydrogens (primary N) is 1. The summed E-state index contributed by atoms with van der Waals surface area (Å²) >= 11 is 0. The average Bonchev–Trinajstić information content (AvgIpc) is 3.16. The van der Waals surface area contributed by atoms with E-state index in [1.807, 2.05) is 27.7 Å². The lowest BCUT2D eigenvalue weighted by molar-refractivity contribution is 0.00578. The second kappa shape index (κ2) is 5.17. The summed E-state index contributed by atoms with van der Waals surface area (Å²) in [5.41, 5.74) is -0.986. The Bertz CT molecular complexity index is 715. The molecule has 0 bridgehead atoms. The lowest BCUT2D eigenvalue weighted by Crippen LogP contribution is -2.41. The third kappa shape index (κ3) is 3.10. The van der Waals surface area contributed by atoms with E-state index in [1.54, 1.807) is 6.07 Å². The predicted octanol–water partition coefficient (Wildman–Crippen LogP) is 0.569. The Hall–Kier alpha value is -1.16. The van der Waals surface area contributed by atoms with Crippen molar-refractivity contribution in [3.8, 4) is 5.75 Å². The molecule has 1 aromatic heterocycles. The molecule has 2 heterocycles. The van der Waals surface area contributed by atoms with Crippen LogP contribution < -0.4 is 15.3 Å². The van der Waals surface area contributed by atoms with Crippen molar-refractivity contribution >= 4 is 22.6 Å². The van der Waals surface area contributed by atoms with Gasteiger partial charge in [0, 0.05) is 6.20 Å². The predicted molar refractivity (Wildman–Crippen MR) is 85.0 cm³/mol. The van der Waals surface area contributed by atoms with Crippen molar-refractivity contribution in [1.29, 1.82) is 0 Å². The van der Waals surface area contributed by atoms with Crippen molar-refractivity contribution in [3.05, 3.63) is 12.3 Å². The van der Waals surface area contributed by atoms with Crippen LogP contribution >= 0.6 is 0 Å². The number of hydrogen-bond donors (Lipinski definition) is 1. The summed E-state index contributed by atoms with van der Waals surface area (Å²) in [6.07, 6.45) is 3.34. The highest BCUT2D eigenvalue weighted by atomic mass is 32.2. The molecule has 1 aromatic rings. The van der Waals surface area contributed by atoms with E-state index in [0.717, 1.165) is 12.8 Å². The van der Waals surface area contributed by atoms with Gasteiger partial charge in [-0.2, -0.15) is 0 Å². The van der Waals surface area contributed by atoms with E-state index in [2.05, 4.69) is 4.98 Å². The number of pyridine rings is 1. The summed E-state index contributed by atoms with van der Waals surface area (Å²) < 4.78 is 41.6. The van der Waals surface area contributed by atoms with Gasteiger partial charge < -0.3 is 14.0 Å². The van der Waals surface area contributed by atoms with Gasteiger partial charge in [0.25, 0.3) is 10.0 Å². The molecule has 2 N–H and O–H groups in total. The smallest absolute Gasteiger partial charge is 0.491 e. The van der Waals surface area contributed by atoms with Crippen molar-refractivity contribution < 1.29 is 22.5 Å². The molecular formula is C14H21BN2O5S. The Morgan fingerprint density at radius 3 is 2.30 bits per heavy atom. The highest BCUT2D eigenvalue weighted by Crippen LogP contribution is 2.38. The van der Waals surface area contributed by atoms with E-state index in [4.69, 9.17) is 19.2 Å². The van der Waals surface area contributed by atoms with E-state index >= 15 is 0 Å². The van der Waals surface area contributed by atoms with Gasteiger partial charge in [-0.25, -0.2) is 18.5 Å². The average molecular weight is 340 g/mol. The largest absolute Gasteiger partial charge is 0.501 e. The molecule has 1 aliphatic carbocycles. The number of primary sulfonamides is 1. The zero-order valence-electron chi connectivity index (χ0n) is 13.7. The van der Waals surface area contributed by atoms with Crippen molar-refractivity contribution in [2.24, 2.45) is 5.14 Å². The fourth-order valence-electron chi connectivity index (χ4n) is 2.31. The van der Waals surface area contributed by atoms with Crippen LogP contribution in [0.3, 0.4) is 0 Å². The Morgan fingerprint density at radius 1 is 1.26 bits per heavy atom. The molecule has 1 saturated carbocycles. The van der Waals surface area contributed by atoms with Crippen molar-refractivity contribution in [3.63, 3.8) is 0 Å². The fraction of sp³-hybridized carbons (Fsp3) is 0.643. The first-order valence-electron chi connectivity index (χ1n) is 7.55. The van der Waals surface area contributed by atoms with E-state index in [0.29, 0.717) is 5.75 Å². The first kappa shape index (κ1) is 16.7. The third-order valence-corrected chi connectivity index (χ3v) is 5.35. The molecule has 0 atom stereocenters. The molecule has 126 valence electrons. The Kier molecular flexibility index (Phi) is 3.75. The Morgan fingerprint density at radius 2 is 1.83 bits per heavy atom. The maximum atomic E-state index is 11.9. The second-order valence-electron chi connectivity index (χ2n) is 6.98. The summed E-state index contributed by atoms with van der Waals surface area (Å²) in [6.45, 7) is 7.56. The number of sulfonamides is 1. The van der Waals surface area contributed by atoms with Gasteiger partial charge in [0.2, 0.25) is 0 Å². The van der Waals surface area contributed by atoms with Crippen LogP contribution in [0.1, 0.15) is 40.5 Å². The first-order chi connectivity index (χ1) is 10.5. The van der Waals surface area contributed by atoms with Gasteiger partial charge >= 0.3 is 7.12 Å². The summed E-state index contributed by atoms with van der Waals surface area (Å²) in [7, 11) is -4.94. The number of nitrogens with zero attached hydrogens (tertiary/aromatic N) is 1. The van der Waals surface area contributed by atoms with Gasteiger partial charge in [-0.1, -0.05) is 0 Å². The number of hydrogen-bond acceptors (Lipinski definition) is 6. The molecule has 0 amide bonds. The van der Waals surface area contributed by atoms with Gasteiger partial charge in [0.1, 0.15) is 5.75 Å². The van der Waals surface area contributed by atoms with Crippen LogP contribution in [0.25, 0.3) is 0 Å². The van der Waals surface area contributed by atoms with Gasteiger partial charge in [-0.3, -0.25) is 0 Å². The summed E-state index contributed by atoms with van der Waals surface area (Å²) in [5.74, 6) is 0.394. The second-order valence-corrected chi connectivity index (χ2v) is 8.46. The molecule has 0 aromatic carbocycles. The minimum absolute atomic E-state index is 0.0897. The summed E-state index contributed by atoms with van der Waals surface area (Å²) in [6, 6.07) is 1.62. The zero-order chi connectivity index (χ0) is 17.0. The maximum Gasteiger partial charge on any atom is 0.501 e. The first-order valence-corrected chi connectivity index (χ1v) is 9.10. The lowest BCUT2D eigenvalue weighted by atomic mass is 9.79. The molecule has 23 heavy (non-hydrogen) atoms. The number of ether oxygens (including phenoxy) is 1. The van der Waals surface area contributed by atoms with E-state index in [-0.39, 0.29) is 16.6 Å². The van der Waals surface area contributed by atoms with Gasteiger partial charge in [0.05, 0.1) is 22.8 Å². The zero-order valence-corrected chi connectivity index (χ0v) is 14.5. The van der Waals surface area contributed by atoms with Crippen LogP contribution in [-0.4, -0.2) is 37.8 Å². The van der Waals surface area contributed by atoms with E-state index < -0.39 is 28.3 Å². The Labute approximate surface area is 136 Å². The van der Waals surface area contributed by atoms with Crippen molar-refractivity contribution in [2.45, 2.75) is 62.9 Å². The maximum absolute atomic E-state index is 11.9. The van der Waals surface area contributed by atoms with Crippen LogP contribution in [0.15, 0.2) is 17.3 Å². The molecule has 3 rings (SSSR count). The van der Waals surface area contributed by atoms with E-state index in [9.17, 15) is 8.42 Å². The molecule has 1 saturated heterocycles. The standard InChI is InChI=1S/C14H21BN2O5S/c1-13(2)14(3,4)22-15(21-13)11-10(20-9-5-6-9)7-8-17-12(11)23(16,18)19/h7-9H,5-6H2,1-4H3,(H2,16,18,19). The van der Waals surface area contributed by atoms with Gasteiger partial charge in [-0.15, -0.1) is 0 Å². The molecule has 1 aliphatic heterocycles. The molecule has 0 unspecified atom stereocenters. The fourth-order valence-corrected chi connectivity index (χ4v) is 3.02. The highest BCUT2D eigenvalue weighted by Gasteiger charge is 2.54. The van der Waals surface area contributed by atoms with Crippen LogP contribution in [0.4, 0.5) is 0 Å². The van der Waals surface area contributed by atoms with Crippen molar-refractivity contribution in [1.82, 2.24) is 4.98 Å². The minimum atomic E-state index is -4.03. The van der Waals surface area contributed by atoms with Crippen LogP contribution in [0.2, 0.25) is 0 Å². The number of rotatable bonds is 4. The normalized spacial score (nSPS) is 23.1. The SMILES string of the molecule is CC1(C)OB(c2c(OC3CC3)ccnc2S(N)(=O)=O)OC1(C)C. The molecular weight excluding hydrogens is 319 g/mol. The summed E-state index contributed by atoms with van der Waals surface area (Å²) in [4.78, 5) is 3.93. The van der Waals surface area contributed by atoms with E-state index in [1.165, 1.54) is 6.20 Å². The summed E-state index contributed by atoms with van der Waals surface area (Å²) in [5, 5.41) is 5.05. The molecule has 0 radical (unpaired) electrons. The number of aromatic nitrogens is 1. The third-order valence-electron chi connectivity index (χ3n) is 4.49. The molecule has 0 spiro atoms. The molecule has 7 nitrogen and oxygen atoms in total. The van der Waals surface area contributed by atoms with Gasteiger partial charge in [0.15, 0.2) is 5.03 Å². The minimum Gasteiger partial charge on any atom is -0.491 e. The van der Waals surface area contributed by atoms with Crippen LogP contribution in [0.5, 0.6) is 5.75 Å². The molecule has 2 fully saturated rings. The monoisotopic (exact) mass is 340 g/mol. The molecule has 9 heteroatoms. The van der Waals surface area contributed by atoms with Crippen molar-refractivity contribution in [2.75, 3.05) is 0 Å². The lowest BCUT2D eigenvalue weighted by Gasteiger charge is -2.32.